The van der Waals surface area contributed by atoms with Crippen molar-refractivity contribution in [2.24, 2.45) is 15.9 Å². The van der Waals surface area contributed by atoms with E-state index in [2.05, 4.69) is 44.4 Å². The fourth-order valence-corrected chi connectivity index (χ4v) is 3.96. The van der Waals surface area contributed by atoms with E-state index in [0.717, 1.165) is 49.0 Å². The number of hydrogen-bond acceptors (Lipinski definition) is 6. The molecule has 1 saturated heterocycles. The molecule has 1 N–H and O–H groups in total. The molecule has 2 aromatic rings. The van der Waals surface area contributed by atoms with Crippen LogP contribution in [0.3, 0.4) is 0 Å². The van der Waals surface area contributed by atoms with Gasteiger partial charge in [-0.3, -0.25) is 19.7 Å². The van der Waals surface area contributed by atoms with Crippen LogP contribution < -0.4 is 16.0 Å². The van der Waals surface area contributed by atoms with Gasteiger partial charge in [0, 0.05) is 37.7 Å². The largest absolute Gasteiger partial charge is 0.360 e. The fraction of sp³-hybridized carbons (Fsp3) is 0.500. The molecule has 1 aromatic carbocycles. The Morgan fingerprint density at radius 2 is 2.07 bits per heavy atom. The van der Waals surface area contributed by atoms with Gasteiger partial charge in [-0.05, 0) is 36.5 Å². The van der Waals surface area contributed by atoms with Gasteiger partial charge in [-0.1, -0.05) is 18.1 Å². The van der Waals surface area contributed by atoms with Crippen LogP contribution in [0.25, 0.3) is 0 Å². The molecule has 140 valence electrons. The number of benzene rings is 1. The van der Waals surface area contributed by atoms with Crippen LogP contribution in [0.4, 0.5) is 0 Å². The van der Waals surface area contributed by atoms with Crippen LogP contribution in [0.2, 0.25) is 0 Å². The molecule has 1 saturated carbocycles. The molecule has 7 nitrogen and oxygen atoms in total. The Bertz CT molecular complexity index is 994. The van der Waals surface area contributed by atoms with Crippen molar-refractivity contribution in [1.82, 2.24) is 15.4 Å². The number of amides is 1. The highest BCUT2D eigenvalue weighted by molar-refractivity contribution is 5.92. The number of carbonyl (C=O) groups is 1. The molecule has 0 radical (unpaired) electrons. The molecule has 1 amide bonds. The molecule has 2 aliphatic heterocycles. The van der Waals surface area contributed by atoms with Crippen LogP contribution in [-0.4, -0.2) is 41.8 Å². The molecule has 0 unspecified atom stereocenters. The van der Waals surface area contributed by atoms with E-state index < -0.39 is 0 Å². The maximum Gasteiger partial charge on any atom is 0.273 e. The third-order valence-corrected chi connectivity index (χ3v) is 5.67. The van der Waals surface area contributed by atoms with Crippen molar-refractivity contribution in [2.75, 3.05) is 19.8 Å². The summed E-state index contributed by atoms with van der Waals surface area (Å²) in [6, 6.07) is 8.20. The number of carbonyl (C=O) groups excluding carboxylic acids is 1. The van der Waals surface area contributed by atoms with Crippen molar-refractivity contribution in [3.63, 3.8) is 0 Å². The Morgan fingerprint density at radius 1 is 1.22 bits per heavy atom. The van der Waals surface area contributed by atoms with Crippen molar-refractivity contribution in [2.45, 2.75) is 38.3 Å². The Balaban J connectivity index is 1.21. The van der Waals surface area contributed by atoms with E-state index in [4.69, 9.17) is 4.52 Å². The van der Waals surface area contributed by atoms with E-state index in [1.807, 2.05) is 6.07 Å². The van der Waals surface area contributed by atoms with Crippen molar-refractivity contribution in [3.8, 4) is 0 Å². The van der Waals surface area contributed by atoms with E-state index in [-0.39, 0.29) is 11.9 Å². The fourth-order valence-electron chi connectivity index (χ4n) is 3.96. The SMILES string of the molecule is C[C@@H]1CN(Cc2ccc3c(c2)=NCN=3)C[C@H]1NC(=O)c1cc(C2CC2)on1. The summed E-state index contributed by atoms with van der Waals surface area (Å²) in [4.78, 5) is 23.6. The topological polar surface area (TPSA) is 83.1 Å². The summed E-state index contributed by atoms with van der Waals surface area (Å²) in [5.41, 5.74) is 1.63. The predicted molar refractivity (Wildman–Crippen MR) is 97.8 cm³/mol. The van der Waals surface area contributed by atoms with Crippen molar-refractivity contribution >= 4 is 5.91 Å². The van der Waals surface area contributed by atoms with Gasteiger partial charge >= 0.3 is 0 Å². The highest BCUT2D eigenvalue weighted by Gasteiger charge is 2.33. The Kier molecular flexibility index (Phi) is 4.04. The Morgan fingerprint density at radius 3 is 2.93 bits per heavy atom. The number of aromatic nitrogens is 1. The Hall–Kier alpha value is -2.54. The van der Waals surface area contributed by atoms with E-state index in [1.165, 1.54) is 5.56 Å². The van der Waals surface area contributed by atoms with E-state index in [9.17, 15) is 4.79 Å². The second-order valence-electron chi connectivity index (χ2n) is 7.92. The molecule has 7 heteroatoms. The van der Waals surface area contributed by atoms with Gasteiger partial charge in [0.05, 0.1) is 10.7 Å². The van der Waals surface area contributed by atoms with Gasteiger partial charge in [-0.2, -0.15) is 0 Å². The summed E-state index contributed by atoms with van der Waals surface area (Å²) in [5.74, 6) is 1.56. The summed E-state index contributed by atoms with van der Waals surface area (Å²) in [7, 11) is 0. The molecule has 0 spiro atoms. The standard InChI is InChI=1S/C20H23N5O2/c1-12-8-25(9-13-2-5-15-16(6-13)22-11-21-15)10-18(12)23-20(26)17-7-19(27-24-17)14-3-4-14/h2,5-7,12,14,18H,3-4,8-11H2,1H3,(H,23,26)/t12-,18-/m1/s1. The lowest BCUT2D eigenvalue weighted by Crippen LogP contribution is -2.40. The summed E-state index contributed by atoms with van der Waals surface area (Å²) in [6.07, 6.45) is 2.27. The first-order valence-corrected chi connectivity index (χ1v) is 9.63. The number of hydrogen-bond donors (Lipinski definition) is 1. The quantitative estimate of drug-likeness (QED) is 0.857. The highest BCUT2D eigenvalue weighted by atomic mass is 16.5. The number of likely N-dealkylation sites (tertiary alicyclic amines) is 1. The molecule has 3 aliphatic rings. The molecule has 2 fully saturated rings. The molecular weight excluding hydrogens is 342 g/mol. The number of nitrogens with one attached hydrogen (secondary N) is 1. The summed E-state index contributed by atoms with van der Waals surface area (Å²) in [6.45, 7) is 5.36. The van der Waals surface area contributed by atoms with Gasteiger partial charge in [0.1, 0.15) is 12.4 Å². The molecule has 27 heavy (non-hydrogen) atoms. The number of fused-ring (bicyclic) bond motifs is 1. The summed E-state index contributed by atoms with van der Waals surface area (Å²) in [5, 5.41) is 9.05. The van der Waals surface area contributed by atoms with Gasteiger partial charge in [-0.25, -0.2) is 0 Å². The maximum absolute atomic E-state index is 12.5. The zero-order valence-electron chi connectivity index (χ0n) is 15.4. The van der Waals surface area contributed by atoms with Crippen molar-refractivity contribution in [3.05, 3.63) is 52.0 Å². The molecule has 3 heterocycles. The molecule has 0 bridgehead atoms. The lowest BCUT2D eigenvalue weighted by atomic mass is 10.1. The monoisotopic (exact) mass is 365 g/mol. The first-order valence-electron chi connectivity index (χ1n) is 9.63. The van der Waals surface area contributed by atoms with E-state index in [0.29, 0.717) is 24.2 Å². The summed E-state index contributed by atoms with van der Waals surface area (Å²) >= 11 is 0. The number of rotatable bonds is 5. The first kappa shape index (κ1) is 16.6. The van der Waals surface area contributed by atoms with Crippen LogP contribution in [0.15, 0.2) is 38.8 Å². The zero-order valence-corrected chi connectivity index (χ0v) is 15.4. The van der Waals surface area contributed by atoms with E-state index in [1.54, 1.807) is 6.07 Å². The van der Waals surface area contributed by atoms with Gasteiger partial charge in [-0.15, -0.1) is 0 Å². The average molecular weight is 365 g/mol. The third kappa shape index (κ3) is 3.39. The van der Waals surface area contributed by atoms with Crippen LogP contribution in [0.5, 0.6) is 0 Å². The first-order chi connectivity index (χ1) is 13.2. The van der Waals surface area contributed by atoms with Crippen LogP contribution in [0.1, 0.15) is 47.5 Å². The molecule has 5 rings (SSSR count). The van der Waals surface area contributed by atoms with Gasteiger partial charge in [0.2, 0.25) is 0 Å². The lowest BCUT2D eigenvalue weighted by Gasteiger charge is -2.16. The third-order valence-electron chi connectivity index (χ3n) is 5.67. The summed E-state index contributed by atoms with van der Waals surface area (Å²) < 4.78 is 5.30. The molecule has 2 atom stereocenters. The smallest absolute Gasteiger partial charge is 0.273 e. The van der Waals surface area contributed by atoms with Crippen LogP contribution >= 0.6 is 0 Å². The Labute approximate surface area is 157 Å². The lowest BCUT2D eigenvalue weighted by molar-refractivity contribution is 0.0922. The van der Waals surface area contributed by atoms with Crippen molar-refractivity contribution < 1.29 is 9.32 Å². The molecule has 1 aliphatic carbocycles. The average Bonchev–Trinajstić information content (AvgIpc) is 3.05. The molecular formula is C20H23N5O2. The highest BCUT2D eigenvalue weighted by Crippen LogP contribution is 2.40. The van der Waals surface area contributed by atoms with Crippen molar-refractivity contribution in [1.29, 1.82) is 0 Å². The minimum Gasteiger partial charge on any atom is -0.360 e. The zero-order chi connectivity index (χ0) is 18.4. The van der Waals surface area contributed by atoms with E-state index >= 15 is 0 Å². The van der Waals surface area contributed by atoms with Crippen LogP contribution in [-0.2, 0) is 6.54 Å². The van der Waals surface area contributed by atoms with Gasteiger partial charge in [0.25, 0.3) is 5.91 Å². The predicted octanol–water partition coefficient (Wildman–Crippen LogP) is 1.01. The minimum atomic E-state index is -0.137. The normalized spacial score (nSPS) is 24.3. The van der Waals surface area contributed by atoms with Gasteiger partial charge < -0.3 is 9.84 Å². The minimum absolute atomic E-state index is 0.118. The molecule has 1 aromatic heterocycles. The second-order valence-corrected chi connectivity index (χ2v) is 7.92. The number of nitrogens with zero attached hydrogens (tertiary/aromatic N) is 4. The van der Waals surface area contributed by atoms with Gasteiger partial charge in [0.15, 0.2) is 5.69 Å². The maximum atomic E-state index is 12.5. The van der Waals surface area contributed by atoms with Crippen LogP contribution in [0, 0.1) is 5.92 Å². The second kappa shape index (κ2) is 6.56.